The second-order valence-electron chi connectivity index (χ2n) is 4.67. The summed E-state index contributed by atoms with van der Waals surface area (Å²) in [5, 5.41) is 4.37. The van der Waals surface area contributed by atoms with E-state index in [1.807, 2.05) is 31.2 Å². The van der Waals surface area contributed by atoms with Gasteiger partial charge in [-0.25, -0.2) is 4.79 Å². The Morgan fingerprint density at radius 1 is 1.14 bits per heavy atom. The third kappa shape index (κ3) is 4.13. The van der Waals surface area contributed by atoms with Crippen molar-refractivity contribution >= 4 is 34.9 Å². The number of rotatable bonds is 4. The molecule has 0 amide bonds. The number of aryl methyl sites for hydroxylation is 1. The number of hydrogen-bond donors (Lipinski definition) is 1. The molecule has 0 saturated carbocycles. The summed E-state index contributed by atoms with van der Waals surface area (Å²) in [5.41, 5.74) is 3.14. The van der Waals surface area contributed by atoms with E-state index in [4.69, 9.17) is 27.9 Å². The van der Waals surface area contributed by atoms with Crippen LogP contribution >= 0.6 is 23.2 Å². The van der Waals surface area contributed by atoms with Crippen molar-refractivity contribution in [3.63, 3.8) is 0 Å². The molecule has 0 spiro atoms. The average molecular weight is 324 g/mol. The summed E-state index contributed by atoms with van der Waals surface area (Å²) in [6.07, 6.45) is 0. The fourth-order valence-electron chi connectivity index (χ4n) is 2.00. The lowest BCUT2D eigenvalue weighted by Gasteiger charge is -2.12. The summed E-state index contributed by atoms with van der Waals surface area (Å²) in [6, 6.07) is 10.9. The first-order valence-corrected chi connectivity index (χ1v) is 7.13. The predicted molar refractivity (Wildman–Crippen MR) is 86.3 cm³/mol. The molecule has 0 heterocycles. The van der Waals surface area contributed by atoms with E-state index < -0.39 is 0 Å². The van der Waals surface area contributed by atoms with Gasteiger partial charge in [0.2, 0.25) is 0 Å². The molecule has 2 aromatic rings. The van der Waals surface area contributed by atoms with Crippen molar-refractivity contribution in [3.8, 4) is 0 Å². The van der Waals surface area contributed by atoms with Crippen LogP contribution < -0.4 is 5.32 Å². The van der Waals surface area contributed by atoms with Crippen LogP contribution in [0.3, 0.4) is 0 Å². The molecule has 2 aromatic carbocycles. The van der Waals surface area contributed by atoms with Crippen LogP contribution in [-0.4, -0.2) is 13.1 Å². The molecule has 2 rings (SSSR count). The highest BCUT2D eigenvalue weighted by molar-refractivity contribution is 6.34. The van der Waals surface area contributed by atoms with Crippen LogP contribution in [-0.2, 0) is 11.3 Å². The number of benzene rings is 2. The minimum Gasteiger partial charge on any atom is -0.465 e. The van der Waals surface area contributed by atoms with E-state index in [0.717, 1.165) is 11.1 Å². The maximum Gasteiger partial charge on any atom is 0.339 e. The average Bonchev–Trinajstić information content (AvgIpc) is 2.44. The predicted octanol–water partition coefficient (Wildman–Crippen LogP) is 4.70. The highest BCUT2D eigenvalue weighted by Crippen LogP contribution is 2.22. The van der Waals surface area contributed by atoms with Gasteiger partial charge in [0.1, 0.15) is 0 Å². The third-order valence-corrected chi connectivity index (χ3v) is 3.42. The van der Waals surface area contributed by atoms with Crippen molar-refractivity contribution in [2.45, 2.75) is 13.5 Å². The summed E-state index contributed by atoms with van der Waals surface area (Å²) in [5.74, 6) is -0.370. The zero-order valence-electron chi connectivity index (χ0n) is 11.7. The van der Waals surface area contributed by atoms with E-state index >= 15 is 0 Å². The van der Waals surface area contributed by atoms with Crippen LogP contribution in [0.4, 0.5) is 5.69 Å². The molecule has 0 fully saturated rings. The third-order valence-electron chi connectivity index (χ3n) is 2.99. The van der Waals surface area contributed by atoms with Crippen molar-refractivity contribution in [2.24, 2.45) is 0 Å². The van der Waals surface area contributed by atoms with Crippen LogP contribution in [0.25, 0.3) is 0 Å². The molecule has 0 saturated heterocycles. The summed E-state index contributed by atoms with van der Waals surface area (Å²) < 4.78 is 4.80. The fourth-order valence-corrected chi connectivity index (χ4v) is 2.57. The van der Waals surface area contributed by atoms with Gasteiger partial charge >= 0.3 is 5.97 Å². The van der Waals surface area contributed by atoms with Gasteiger partial charge in [0.05, 0.1) is 12.7 Å². The molecule has 1 N–H and O–H groups in total. The number of carbonyl (C=O) groups excluding carboxylic acids is 1. The number of ether oxygens (including phenoxy) is 1. The zero-order valence-corrected chi connectivity index (χ0v) is 13.3. The molecule has 0 aliphatic rings. The lowest BCUT2D eigenvalue weighted by atomic mass is 10.1. The summed E-state index contributed by atoms with van der Waals surface area (Å²) >= 11 is 11.9. The molecule has 0 atom stereocenters. The van der Waals surface area contributed by atoms with Crippen molar-refractivity contribution < 1.29 is 9.53 Å². The minimum atomic E-state index is -0.370. The SMILES string of the molecule is COC(=O)c1cc(C)ccc1NCc1cc(Cl)cc(Cl)c1. The van der Waals surface area contributed by atoms with Crippen molar-refractivity contribution in [1.29, 1.82) is 0 Å². The smallest absolute Gasteiger partial charge is 0.339 e. The topological polar surface area (TPSA) is 38.3 Å². The lowest BCUT2D eigenvalue weighted by Crippen LogP contribution is -2.08. The first-order valence-electron chi connectivity index (χ1n) is 6.37. The van der Waals surface area contributed by atoms with Crippen LogP contribution in [0, 0.1) is 6.92 Å². The van der Waals surface area contributed by atoms with Gasteiger partial charge in [0, 0.05) is 22.3 Å². The van der Waals surface area contributed by atoms with E-state index in [1.165, 1.54) is 7.11 Å². The first-order chi connectivity index (χ1) is 9.99. The summed E-state index contributed by atoms with van der Waals surface area (Å²) in [7, 11) is 1.37. The highest BCUT2D eigenvalue weighted by Gasteiger charge is 2.12. The van der Waals surface area contributed by atoms with Gasteiger partial charge in [-0.3, -0.25) is 0 Å². The Balaban J connectivity index is 2.21. The van der Waals surface area contributed by atoms with Gasteiger partial charge in [-0.05, 0) is 42.8 Å². The standard InChI is InChI=1S/C16H15Cl2NO2/c1-10-3-4-15(14(5-10)16(20)21-2)19-9-11-6-12(17)8-13(18)7-11/h3-8,19H,9H2,1-2H3. The number of methoxy groups -OCH3 is 1. The summed E-state index contributed by atoms with van der Waals surface area (Å²) in [6.45, 7) is 2.43. The second-order valence-corrected chi connectivity index (χ2v) is 5.54. The number of esters is 1. The Hall–Kier alpha value is -1.71. The van der Waals surface area contributed by atoms with Crippen LogP contribution in [0.1, 0.15) is 21.5 Å². The van der Waals surface area contributed by atoms with Crippen LogP contribution in [0.15, 0.2) is 36.4 Å². The molecule has 0 aliphatic heterocycles. The molecule has 0 aromatic heterocycles. The molecular weight excluding hydrogens is 309 g/mol. The Morgan fingerprint density at radius 2 is 1.81 bits per heavy atom. The molecule has 21 heavy (non-hydrogen) atoms. The van der Waals surface area contributed by atoms with Crippen LogP contribution in [0.2, 0.25) is 10.0 Å². The molecular formula is C16H15Cl2NO2. The Morgan fingerprint density at radius 3 is 2.43 bits per heavy atom. The van der Waals surface area contributed by atoms with Gasteiger partial charge in [-0.2, -0.15) is 0 Å². The van der Waals surface area contributed by atoms with Gasteiger partial charge in [-0.1, -0.05) is 34.8 Å². The van der Waals surface area contributed by atoms with Crippen molar-refractivity contribution in [1.82, 2.24) is 0 Å². The molecule has 3 nitrogen and oxygen atoms in total. The zero-order chi connectivity index (χ0) is 15.4. The van der Waals surface area contributed by atoms with Crippen molar-refractivity contribution in [2.75, 3.05) is 12.4 Å². The van der Waals surface area contributed by atoms with E-state index in [2.05, 4.69) is 5.32 Å². The molecule has 0 aliphatic carbocycles. The maximum absolute atomic E-state index is 11.8. The Labute approximate surface area is 133 Å². The largest absolute Gasteiger partial charge is 0.465 e. The lowest BCUT2D eigenvalue weighted by molar-refractivity contribution is 0.0601. The Bertz CT molecular complexity index is 651. The number of halogens is 2. The van der Waals surface area contributed by atoms with Crippen LogP contribution in [0.5, 0.6) is 0 Å². The van der Waals surface area contributed by atoms with E-state index in [0.29, 0.717) is 27.8 Å². The van der Waals surface area contributed by atoms with Gasteiger partial charge < -0.3 is 10.1 Å². The molecule has 110 valence electrons. The first kappa shape index (κ1) is 15.7. The monoisotopic (exact) mass is 323 g/mol. The van der Waals surface area contributed by atoms with Gasteiger partial charge in [-0.15, -0.1) is 0 Å². The van der Waals surface area contributed by atoms with Gasteiger partial charge in [0.25, 0.3) is 0 Å². The number of carbonyl (C=O) groups is 1. The van der Waals surface area contributed by atoms with E-state index in [9.17, 15) is 4.79 Å². The number of hydrogen-bond acceptors (Lipinski definition) is 3. The molecule has 0 radical (unpaired) electrons. The van der Waals surface area contributed by atoms with E-state index in [1.54, 1.807) is 12.1 Å². The van der Waals surface area contributed by atoms with Crippen molar-refractivity contribution in [3.05, 3.63) is 63.1 Å². The quantitative estimate of drug-likeness (QED) is 0.829. The van der Waals surface area contributed by atoms with E-state index in [-0.39, 0.29) is 5.97 Å². The molecule has 0 bridgehead atoms. The molecule has 5 heteroatoms. The Kier molecular flexibility index (Phi) is 5.10. The minimum absolute atomic E-state index is 0.370. The number of nitrogens with one attached hydrogen (secondary N) is 1. The number of anilines is 1. The fraction of sp³-hybridized carbons (Fsp3) is 0.188. The van der Waals surface area contributed by atoms with Gasteiger partial charge in [0.15, 0.2) is 0 Å². The normalized spacial score (nSPS) is 10.3. The maximum atomic E-state index is 11.8. The summed E-state index contributed by atoms with van der Waals surface area (Å²) in [4.78, 5) is 11.8. The molecule has 0 unspecified atom stereocenters. The highest BCUT2D eigenvalue weighted by atomic mass is 35.5. The second kappa shape index (κ2) is 6.83.